The Bertz CT molecular complexity index is 486. The first-order chi connectivity index (χ1) is 9.00. The van der Waals surface area contributed by atoms with Gasteiger partial charge in [0.25, 0.3) is 0 Å². The monoisotopic (exact) mass is 329 g/mol. The molecule has 0 amide bonds. The zero-order valence-electron chi connectivity index (χ0n) is 10.3. The van der Waals surface area contributed by atoms with Crippen LogP contribution in [0.1, 0.15) is 34.8 Å². The van der Waals surface area contributed by atoms with E-state index >= 15 is 0 Å². The van der Waals surface area contributed by atoms with Gasteiger partial charge in [0, 0.05) is 29.3 Å². The van der Waals surface area contributed by atoms with Gasteiger partial charge in [0.05, 0.1) is 0 Å². The molecule has 1 saturated heterocycles. The third kappa shape index (κ3) is 3.08. The molecule has 19 heavy (non-hydrogen) atoms. The van der Waals surface area contributed by atoms with Crippen LogP contribution >= 0.6 is 15.9 Å². The van der Waals surface area contributed by atoms with E-state index < -0.39 is 5.97 Å². The van der Waals surface area contributed by atoms with Crippen molar-refractivity contribution >= 4 is 21.9 Å². The number of carboxylic acid groups (broad SMARTS) is 1. The number of aromatic hydroxyl groups is 1. The number of halogens is 1. The van der Waals surface area contributed by atoms with Crippen LogP contribution in [0.3, 0.4) is 0 Å². The number of ether oxygens (including phenoxy) is 1. The average Bonchev–Trinajstić information content (AvgIpc) is 2.41. The molecule has 104 valence electrons. The van der Waals surface area contributed by atoms with Gasteiger partial charge in [-0.15, -0.1) is 0 Å². The van der Waals surface area contributed by atoms with Crippen molar-refractivity contribution in [3.63, 3.8) is 0 Å². The zero-order chi connectivity index (χ0) is 14.0. The lowest BCUT2D eigenvalue weighted by Gasteiger charge is -2.28. The Morgan fingerprint density at radius 2 is 2.05 bits per heavy atom. The van der Waals surface area contributed by atoms with E-state index in [9.17, 15) is 9.90 Å². The lowest BCUT2D eigenvalue weighted by atomic mass is 9.86. The topological polar surface area (TPSA) is 92.8 Å². The first kappa shape index (κ1) is 14.3. The summed E-state index contributed by atoms with van der Waals surface area (Å²) in [5, 5.41) is 19.1. The number of nitrogens with two attached hydrogens (primary N) is 1. The van der Waals surface area contributed by atoms with Crippen molar-refractivity contribution in [1.82, 2.24) is 0 Å². The molecule has 1 aromatic rings. The van der Waals surface area contributed by atoms with Crippen LogP contribution < -0.4 is 5.73 Å². The van der Waals surface area contributed by atoms with Crippen LogP contribution in [0.2, 0.25) is 0 Å². The van der Waals surface area contributed by atoms with Crippen LogP contribution in [0.4, 0.5) is 0 Å². The van der Waals surface area contributed by atoms with Crippen LogP contribution in [-0.4, -0.2) is 29.4 Å². The highest BCUT2D eigenvalue weighted by molar-refractivity contribution is 9.10. The number of rotatable bonds is 3. The van der Waals surface area contributed by atoms with E-state index in [1.54, 1.807) is 6.07 Å². The minimum Gasteiger partial charge on any atom is -0.507 e. The van der Waals surface area contributed by atoms with E-state index in [1.165, 1.54) is 6.07 Å². The van der Waals surface area contributed by atoms with Gasteiger partial charge in [-0.1, -0.05) is 15.9 Å². The van der Waals surface area contributed by atoms with Gasteiger partial charge in [0.1, 0.15) is 11.3 Å². The molecule has 1 aromatic carbocycles. The Morgan fingerprint density at radius 1 is 1.42 bits per heavy atom. The van der Waals surface area contributed by atoms with Crippen molar-refractivity contribution in [2.45, 2.75) is 18.9 Å². The normalized spacial score (nSPS) is 18.2. The molecule has 1 aliphatic rings. The van der Waals surface area contributed by atoms with Gasteiger partial charge in [-0.2, -0.15) is 0 Å². The molecule has 0 aliphatic carbocycles. The molecule has 0 spiro atoms. The van der Waals surface area contributed by atoms with Crippen LogP contribution in [0.5, 0.6) is 5.75 Å². The lowest BCUT2D eigenvalue weighted by molar-refractivity contribution is 0.0579. The maximum absolute atomic E-state index is 11.1. The maximum Gasteiger partial charge on any atom is 0.339 e. The van der Waals surface area contributed by atoms with Crippen molar-refractivity contribution in [3.8, 4) is 5.75 Å². The Kier molecular flexibility index (Phi) is 4.44. The van der Waals surface area contributed by atoms with Crippen molar-refractivity contribution in [3.05, 3.63) is 27.7 Å². The summed E-state index contributed by atoms with van der Waals surface area (Å²) in [6, 6.07) is 2.67. The fraction of sp³-hybridized carbons (Fsp3) is 0.462. The van der Waals surface area contributed by atoms with E-state index in [0.717, 1.165) is 12.8 Å². The Balaban J connectivity index is 2.35. The van der Waals surface area contributed by atoms with Gasteiger partial charge < -0.3 is 20.7 Å². The number of benzene rings is 1. The zero-order valence-corrected chi connectivity index (χ0v) is 11.9. The second kappa shape index (κ2) is 5.90. The van der Waals surface area contributed by atoms with Gasteiger partial charge >= 0.3 is 5.97 Å². The summed E-state index contributed by atoms with van der Waals surface area (Å²) in [6.07, 6.45) is 1.63. The fourth-order valence-electron chi connectivity index (χ4n) is 2.37. The smallest absolute Gasteiger partial charge is 0.339 e. The van der Waals surface area contributed by atoms with Gasteiger partial charge in [0.2, 0.25) is 0 Å². The van der Waals surface area contributed by atoms with E-state index in [-0.39, 0.29) is 23.3 Å². The third-order valence-corrected chi connectivity index (χ3v) is 3.93. The number of carboxylic acids is 1. The molecule has 0 saturated carbocycles. The number of phenols is 1. The van der Waals surface area contributed by atoms with Crippen LogP contribution in [-0.2, 0) is 4.74 Å². The van der Waals surface area contributed by atoms with Crippen molar-refractivity contribution in [2.75, 3.05) is 13.2 Å². The van der Waals surface area contributed by atoms with Crippen molar-refractivity contribution in [2.24, 2.45) is 11.7 Å². The molecule has 1 fully saturated rings. The molecular weight excluding hydrogens is 314 g/mol. The molecule has 0 bridgehead atoms. The minimum atomic E-state index is -1.17. The summed E-state index contributed by atoms with van der Waals surface area (Å²) >= 11 is 3.25. The Labute approximate surface area is 119 Å². The second-order valence-corrected chi connectivity index (χ2v) is 5.59. The van der Waals surface area contributed by atoms with E-state index in [1.807, 2.05) is 0 Å². The largest absolute Gasteiger partial charge is 0.507 e. The molecule has 0 radical (unpaired) electrons. The molecule has 1 heterocycles. The van der Waals surface area contributed by atoms with Gasteiger partial charge in [0.15, 0.2) is 0 Å². The number of carbonyl (C=O) groups is 1. The quantitative estimate of drug-likeness (QED) is 0.791. The summed E-state index contributed by atoms with van der Waals surface area (Å²) in [4.78, 5) is 11.1. The van der Waals surface area contributed by atoms with E-state index in [2.05, 4.69) is 15.9 Å². The van der Waals surface area contributed by atoms with Crippen LogP contribution in [0, 0.1) is 5.92 Å². The molecule has 0 aromatic heterocycles. The van der Waals surface area contributed by atoms with Gasteiger partial charge in [-0.3, -0.25) is 0 Å². The first-order valence-corrected chi connectivity index (χ1v) is 6.89. The van der Waals surface area contributed by atoms with Crippen LogP contribution in [0.15, 0.2) is 16.6 Å². The summed E-state index contributed by atoms with van der Waals surface area (Å²) in [5.74, 6) is -1.22. The molecule has 1 atom stereocenters. The standard InChI is InChI=1S/C13H16BrNO4/c14-8-5-9(12(16)10(6-8)13(17)18)11(15)7-1-3-19-4-2-7/h5-7,11,16H,1-4,15H2,(H,17,18)/t11-/m1/s1. The number of aromatic carboxylic acids is 1. The molecular formula is C13H16BrNO4. The summed E-state index contributed by atoms with van der Waals surface area (Å²) in [5.41, 5.74) is 6.52. The summed E-state index contributed by atoms with van der Waals surface area (Å²) in [7, 11) is 0. The predicted molar refractivity (Wildman–Crippen MR) is 73.2 cm³/mol. The van der Waals surface area contributed by atoms with Crippen LogP contribution in [0.25, 0.3) is 0 Å². The first-order valence-electron chi connectivity index (χ1n) is 6.09. The minimum absolute atomic E-state index is 0.133. The molecule has 1 aliphatic heterocycles. The van der Waals surface area contributed by atoms with Crippen molar-refractivity contribution < 1.29 is 19.7 Å². The van der Waals surface area contributed by atoms with E-state index in [0.29, 0.717) is 23.2 Å². The SMILES string of the molecule is N[C@@H](c1cc(Br)cc(C(=O)O)c1O)C1CCOCC1. The van der Waals surface area contributed by atoms with Gasteiger partial charge in [-0.25, -0.2) is 4.79 Å². The molecule has 5 nitrogen and oxygen atoms in total. The lowest BCUT2D eigenvalue weighted by Crippen LogP contribution is -2.27. The summed E-state index contributed by atoms with van der Waals surface area (Å²) < 4.78 is 5.88. The maximum atomic E-state index is 11.1. The van der Waals surface area contributed by atoms with Crippen molar-refractivity contribution in [1.29, 1.82) is 0 Å². The Hall–Kier alpha value is -1.11. The highest BCUT2D eigenvalue weighted by atomic mass is 79.9. The highest BCUT2D eigenvalue weighted by Crippen LogP contribution is 2.36. The van der Waals surface area contributed by atoms with E-state index in [4.69, 9.17) is 15.6 Å². The molecule has 2 rings (SSSR count). The molecule has 6 heteroatoms. The number of hydrogen-bond donors (Lipinski definition) is 3. The predicted octanol–water partition coefficient (Wildman–Crippen LogP) is 2.28. The molecule has 4 N–H and O–H groups in total. The number of hydrogen-bond acceptors (Lipinski definition) is 4. The second-order valence-electron chi connectivity index (χ2n) is 4.67. The average molecular weight is 330 g/mol. The van der Waals surface area contributed by atoms with Gasteiger partial charge in [-0.05, 0) is 30.9 Å². The highest BCUT2D eigenvalue weighted by Gasteiger charge is 2.26. The Morgan fingerprint density at radius 3 is 2.63 bits per heavy atom. The fourth-order valence-corrected chi connectivity index (χ4v) is 2.84. The third-order valence-electron chi connectivity index (χ3n) is 3.47. The summed E-state index contributed by atoms with van der Waals surface area (Å²) in [6.45, 7) is 1.30. The molecule has 0 unspecified atom stereocenters.